The maximum Gasteiger partial charge on any atom is 0.472 e. The van der Waals surface area contributed by atoms with Gasteiger partial charge in [0.2, 0.25) is 0 Å². The van der Waals surface area contributed by atoms with E-state index in [4.69, 9.17) is 19.7 Å². The van der Waals surface area contributed by atoms with Gasteiger partial charge < -0.3 is 25.2 Å². The quantitative estimate of drug-likeness (QED) is 0.555. The van der Waals surface area contributed by atoms with Crippen molar-refractivity contribution in [3.05, 3.63) is 12.7 Å². The van der Waals surface area contributed by atoms with Crippen molar-refractivity contribution in [2.45, 2.75) is 24.5 Å². The van der Waals surface area contributed by atoms with Crippen LogP contribution in [0.3, 0.4) is 0 Å². The molecule has 13 heteroatoms. The molecule has 0 bridgehead atoms. The molecule has 0 amide bonds. The van der Waals surface area contributed by atoms with Crippen molar-refractivity contribution in [1.82, 2.24) is 19.5 Å². The van der Waals surface area contributed by atoms with Gasteiger partial charge in [0, 0.05) is 14.2 Å². The number of phosphoric acid groups is 1. The van der Waals surface area contributed by atoms with Gasteiger partial charge in [-0.2, -0.15) is 0 Å². The van der Waals surface area contributed by atoms with Crippen LogP contribution in [-0.4, -0.2) is 68.7 Å². The van der Waals surface area contributed by atoms with Crippen molar-refractivity contribution in [2.24, 2.45) is 0 Å². The number of rotatable bonds is 6. The molecule has 2 unspecified atom stereocenters. The number of hydrogen-bond acceptors (Lipinski definition) is 10. The summed E-state index contributed by atoms with van der Waals surface area (Å²) in [6.45, 7) is -0.322. The molecule has 0 saturated carbocycles. The number of aromatic nitrogens is 4. The van der Waals surface area contributed by atoms with Crippen LogP contribution in [0.25, 0.3) is 11.2 Å². The first-order chi connectivity index (χ1) is 11.9. The van der Waals surface area contributed by atoms with Gasteiger partial charge in [0.05, 0.1) is 12.9 Å². The molecule has 3 rings (SSSR count). The second-order valence-corrected chi connectivity index (χ2v) is 6.85. The lowest BCUT2D eigenvalue weighted by atomic mass is 10.1. The molecule has 1 fully saturated rings. The third-order valence-corrected chi connectivity index (χ3v) is 4.81. The van der Waals surface area contributed by atoms with Crippen LogP contribution in [0.4, 0.5) is 5.82 Å². The fourth-order valence-electron chi connectivity index (χ4n) is 2.65. The van der Waals surface area contributed by atoms with Crippen LogP contribution in [0.15, 0.2) is 12.7 Å². The number of nitrogens with two attached hydrogens (primary N) is 1. The topological polar surface area (TPSA) is 164 Å². The Balaban J connectivity index is 1.85. The first kappa shape index (κ1) is 18.1. The van der Waals surface area contributed by atoms with E-state index in [2.05, 4.69) is 19.5 Å². The molecular formula is C12H18N5O7P. The molecule has 3 heterocycles. The minimum Gasteiger partial charge on any atom is -0.386 e. The van der Waals surface area contributed by atoms with Crippen LogP contribution in [0.2, 0.25) is 0 Å². The summed E-state index contributed by atoms with van der Waals surface area (Å²) in [5.74, 6) is 0.195. The van der Waals surface area contributed by atoms with Crippen molar-refractivity contribution >= 4 is 24.8 Å². The Kier molecular flexibility index (Phi) is 5.02. The smallest absolute Gasteiger partial charge is 0.386 e. The number of aliphatic hydroxyl groups excluding tert-OH is 1. The van der Waals surface area contributed by atoms with Crippen LogP contribution in [-0.2, 0) is 23.1 Å². The number of nitrogens with zero attached hydrogens (tertiary/aromatic N) is 4. The highest BCUT2D eigenvalue weighted by molar-refractivity contribution is 7.47. The number of nitrogen functional groups attached to an aromatic ring is 1. The minimum atomic E-state index is -4.18. The second-order valence-electron chi connectivity index (χ2n) is 5.29. The van der Waals surface area contributed by atoms with Gasteiger partial charge in [-0.3, -0.25) is 13.6 Å². The fourth-order valence-corrected chi connectivity index (χ4v) is 3.09. The Morgan fingerprint density at radius 2 is 2.16 bits per heavy atom. The highest BCUT2D eigenvalue weighted by Crippen LogP contribution is 2.43. The lowest BCUT2D eigenvalue weighted by Gasteiger charge is -2.19. The first-order valence-electron chi connectivity index (χ1n) is 7.20. The zero-order valence-electron chi connectivity index (χ0n) is 13.4. The van der Waals surface area contributed by atoms with Gasteiger partial charge in [-0.15, -0.1) is 0 Å². The van der Waals surface area contributed by atoms with Crippen LogP contribution >= 0.6 is 7.82 Å². The van der Waals surface area contributed by atoms with Gasteiger partial charge in [-0.1, -0.05) is 0 Å². The van der Waals surface area contributed by atoms with Crippen LogP contribution in [0, 0.1) is 0 Å². The number of hydrogen-bond donors (Lipinski definition) is 3. The molecule has 138 valence electrons. The van der Waals surface area contributed by atoms with Gasteiger partial charge in [-0.05, 0) is 0 Å². The molecule has 1 aliphatic rings. The first-order valence-corrected chi connectivity index (χ1v) is 8.70. The second kappa shape index (κ2) is 6.92. The highest BCUT2D eigenvalue weighted by atomic mass is 31.2. The number of phosphoric ester groups is 1. The van der Waals surface area contributed by atoms with Gasteiger partial charge >= 0.3 is 7.82 Å². The minimum absolute atomic E-state index is 0.195. The zero-order valence-corrected chi connectivity index (χ0v) is 14.3. The van der Waals surface area contributed by atoms with E-state index in [9.17, 15) is 14.6 Å². The van der Waals surface area contributed by atoms with Gasteiger partial charge in [0.1, 0.15) is 30.2 Å². The Morgan fingerprint density at radius 3 is 2.84 bits per heavy atom. The summed E-state index contributed by atoms with van der Waals surface area (Å²) in [6.07, 6.45) is -0.959. The van der Waals surface area contributed by atoms with E-state index in [0.717, 1.165) is 7.11 Å². The molecule has 4 N–H and O–H groups in total. The summed E-state index contributed by atoms with van der Waals surface area (Å²) in [5, 5.41) is 10.5. The zero-order chi connectivity index (χ0) is 18.2. The molecule has 25 heavy (non-hydrogen) atoms. The van der Waals surface area contributed by atoms with Crippen molar-refractivity contribution in [3.8, 4) is 0 Å². The lowest BCUT2D eigenvalue weighted by Crippen LogP contribution is -2.35. The molecule has 0 aliphatic carbocycles. The molecule has 12 nitrogen and oxygen atoms in total. The molecular weight excluding hydrogens is 357 g/mol. The molecule has 2 aromatic rings. The summed E-state index contributed by atoms with van der Waals surface area (Å²) >= 11 is 0. The fraction of sp³-hybridized carbons (Fsp3) is 0.583. The van der Waals surface area contributed by atoms with Crippen molar-refractivity contribution in [3.63, 3.8) is 0 Å². The average molecular weight is 375 g/mol. The number of ether oxygens (including phenoxy) is 2. The van der Waals surface area contributed by atoms with E-state index in [-0.39, 0.29) is 12.4 Å². The van der Waals surface area contributed by atoms with Crippen LogP contribution in [0.1, 0.15) is 6.23 Å². The molecule has 0 radical (unpaired) electrons. The Bertz CT molecular complexity index is 801. The van der Waals surface area contributed by atoms with E-state index < -0.39 is 32.4 Å². The predicted octanol–water partition coefficient (Wildman–Crippen LogP) is -0.555. The maximum absolute atomic E-state index is 11.4. The summed E-state index contributed by atoms with van der Waals surface area (Å²) < 4.78 is 33.1. The Hall–Kier alpha value is -1.66. The summed E-state index contributed by atoms with van der Waals surface area (Å²) in [4.78, 5) is 21.4. The molecule has 0 spiro atoms. The number of fused-ring (bicyclic) bond motifs is 1. The molecule has 1 saturated heterocycles. The summed E-state index contributed by atoms with van der Waals surface area (Å²) in [7, 11) is -1.75. The number of methoxy groups -OCH3 is 1. The number of aliphatic hydroxyl groups is 1. The number of anilines is 1. The van der Waals surface area contributed by atoms with E-state index in [0.29, 0.717) is 11.2 Å². The molecule has 5 atom stereocenters. The van der Waals surface area contributed by atoms with Crippen molar-refractivity contribution < 1.29 is 33.1 Å². The highest BCUT2D eigenvalue weighted by Gasteiger charge is 2.46. The molecule has 1 aliphatic heterocycles. The largest absolute Gasteiger partial charge is 0.472 e. The maximum atomic E-state index is 11.4. The van der Waals surface area contributed by atoms with Crippen molar-refractivity contribution in [1.29, 1.82) is 0 Å². The Morgan fingerprint density at radius 1 is 1.40 bits per heavy atom. The summed E-state index contributed by atoms with van der Waals surface area (Å²) in [5.41, 5.74) is 6.49. The van der Waals surface area contributed by atoms with Crippen LogP contribution in [0.5, 0.6) is 0 Å². The van der Waals surface area contributed by atoms with E-state index in [1.165, 1.54) is 24.3 Å². The molecule has 2 aromatic heterocycles. The third kappa shape index (κ3) is 3.37. The van der Waals surface area contributed by atoms with Gasteiger partial charge in [-0.25, -0.2) is 19.5 Å². The van der Waals surface area contributed by atoms with Gasteiger partial charge in [0.15, 0.2) is 17.7 Å². The SMILES string of the molecule is COC1[C@@H](COP(=O)(O)OC)O[C@@H](n2cnc3c(N)ncnc32)[C@H]1O. The van der Waals surface area contributed by atoms with Crippen LogP contribution < -0.4 is 5.73 Å². The standard InChI is InChI=1S/C12H18N5O7P/c1-21-9-6(3-23-25(19,20)22-2)24-12(8(9)18)17-5-16-7-10(13)14-4-15-11(7)17/h4-6,8-9,12,18H,3H2,1-2H3,(H,19,20)(H2,13,14,15)/t6-,8+,9?,12-/m1/s1. The molecule has 0 aromatic carbocycles. The normalized spacial score (nSPS) is 29.1. The van der Waals surface area contributed by atoms with Gasteiger partial charge in [0.25, 0.3) is 0 Å². The average Bonchev–Trinajstić information content (AvgIpc) is 3.15. The summed E-state index contributed by atoms with van der Waals surface area (Å²) in [6, 6.07) is 0. The monoisotopic (exact) mass is 375 g/mol. The lowest BCUT2D eigenvalue weighted by molar-refractivity contribution is -0.0533. The van der Waals surface area contributed by atoms with Crippen molar-refractivity contribution in [2.75, 3.05) is 26.6 Å². The number of imidazole rings is 1. The Labute approximate surface area is 142 Å². The third-order valence-electron chi connectivity index (χ3n) is 3.88. The van der Waals surface area contributed by atoms with E-state index in [1.807, 2.05) is 0 Å². The van der Waals surface area contributed by atoms with E-state index in [1.54, 1.807) is 0 Å². The van der Waals surface area contributed by atoms with E-state index >= 15 is 0 Å². The predicted molar refractivity (Wildman–Crippen MR) is 83.2 cm³/mol.